The van der Waals surface area contributed by atoms with E-state index in [2.05, 4.69) is 10.00 Å². The summed E-state index contributed by atoms with van der Waals surface area (Å²) in [5.41, 5.74) is 1.13. The lowest BCUT2D eigenvalue weighted by atomic mass is 10.2. The van der Waals surface area contributed by atoms with Crippen LogP contribution in [0.25, 0.3) is 0 Å². The molecule has 6 nitrogen and oxygen atoms in total. The summed E-state index contributed by atoms with van der Waals surface area (Å²) in [5.74, 6) is -0.414. The molecule has 1 amide bonds. The lowest BCUT2D eigenvalue weighted by Crippen LogP contribution is -2.49. The Hall–Kier alpha value is -2.77. The van der Waals surface area contributed by atoms with E-state index in [0.29, 0.717) is 32.5 Å². The quantitative estimate of drug-likeness (QED) is 0.771. The van der Waals surface area contributed by atoms with E-state index in [1.807, 2.05) is 0 Å². The van der Waals surface area contributed by atoms with Crippen LogP contribution in [0.2, 0.25) is 0 Å². The number of amides is 1. The first kappa shape index (κ1) is 17.1. The fourth-order valence-electron chi connectivity index (χ4n) is 2.86. The summed E-state index contributed by atoms with van der Waals surface area (Å²) in [6, 6.07) is 6.27. The van der Waals surface area contributed by atoms with Crippen molar-refractivity contribution in [1.29, 1.82) is 0 Å². The minimum atomic E-state index is -0.842. The van der Waals surface area contributed by atoms with Crippen molar-refractivity contribution >= 4 is 17.9 Å². The molecule has 8 heteroatoms. The maximum absolute atomic E-state index is 13.0. The molecule has 0 N–H and O–H groups in total. The molecule has 0 saturated carbocycles. The summed E-state index contributed by atoms with van der Waals surface area (Å²) in [6.45, 7) is 1.49. The van der Waals surface area contributed by atoms with Gasteiger partial charge >= 0.3 is 0 Å². The monoisotopic (exact) mass is 348 g/mol. The van der Waals surface area contributed by atoms with E-state index in [1.165, 1.54) is 23.0 Å². The largest absolute Gasteiger partial charge is 0.368 e. The van der Waals surface area contributed by atoms with Gasteiger partial charge in [0.2, 0.25) is 5.91 Å². The Bertz CT molecular complexity index is 753. The Balaban J connectivity index is 1.57. The van der Waals surface area contributed by atoms with Crippen LogP contribution in [0, 0.1) is 5.82 Å². The van der Waals surface area contributed by atoms with Crippen LogP contribution in [-0.4, -0.2) is 53.1 Å². The van der Waals surface area contributed by atoms with Crippen LogP contribution in [0.15, 0.2) is 30.5 Å². The predicted octanol–water partition coefficient (Wildman–Crippen LogP) is 1.65. The molecule has 1 aliphatic rings. The van der Waals surface area contributed by atoms with Crippen molar-refractivity contribution in [2.24, 2.45) is 0 Å². The smallest absolute Gasteiger partial charge is 0.244 e. The number of rotatable bonds is 5. The molecule has 3 rings (SSSR count). The zero-order valence-electron chi connectivity index (χ0n) is 13.6. The number of aromatic nitrogens is 2. The number of piperazine rings is 1. The molecule has 0 spiro atoms. The third-order valence-corrected chi connectivity index (χ3v) is 4.25. The highest BCUT2D eigenvalue weighted by Gasteiger charge is 2.22. The standard InChI is InChI=1S/C17H18F2N4O2/c18-9-16-13(12-24)10-23(20-16)11-17(25)22-7-5-21(6-8-22)15-3-1-14(19)2-4-15/h1-4,10,12H,5-9,11H2. The first-order valence-corrected chi connectivity index (χ1v) is 7.96. The van der Waals surface area contributed by atoms with E-state index >= 15 is 0 Å². The van der Waals surface area contributed by atoms with E-state index in [4.69, 9.17) is 0 Å². The molecule has 0 unspecified atom stereocenters. The van der Waals surface area contributed by atoms with Crippen molar-refractivity contribution in [2.45, 2.75) is 13.2 Å². The maximum Gasteiger partial charge on any atom is 0.244 e. The SMILES string of the molecule is O=Cc1cn(CC(=O)N2CCN(c3ccc(F)cc3)CC2)nc1CF. The number of hydrogen-bond acceptors (Lipinski definition) is 4. The summed E-state index contributed by atoms with van der Waals surface area (Å²) in [6.07, 6.45) is 1.92. The molecule has 0 aliphatic carbocycles. The van der Waals surface area contributed by atoms with Gasteiger partial charge in [-0.3, -0.25) is 14.3 Å². The minimum Gasteiger partial charge on any atom is -0.368 e. The van der Waals surface area contributed by atoms with E-state index in [1.54, 1.807) is 17.0 Å². The summed E-state index contributed by atoms with van der Waals surface area (Å²) in [5, 5.41) is 3.92. The normalized spacial score (nSPS) is 14.6. The van der Waals surface area contributed by atoms with Gasteiger partial charge in [-0.05, 0) is 24.3 Å². The molecule has 1 saturated heterocycles. The number of halogens is 2. The fourth-order valence-corrected chi connectivity index (χ4v) is 2.86. The molecular formula is C17H18F2N4O2. The van der Waals surface area contributed by atoms with Gasteiger partial charge in [0.15, 0.2) is 6.29 Å². The first-order valence-electron chi connectivity index (χ1n) is 7.96. The minimum absolute atomic E-state index is 0.0304. The summed E-state index contributed by atoms with van der Waals surface area (Å²) < 4.78 is 27.0. The molecule has 0 radical (unpaired) electrons. The molecular weight excluding hydrogens is 330 g/mol. The van der Waals surface area contributed by atoms with Crippen molar-refractivity contribution in [2.75, 3.05) is 31.1 Å². The van der Waals surface area contributed by atoms with Gasteiger partial charge in [0.1, 0.15) is 24.7 Å². The van der Waals surface area contributed by atoms with Crippen LogP contribution in [0.1, 0.15) is 16.1 Å². The van der Waals surface area contributed by atoms with E-state index < -0.39 is 6.67 Å². The topological polar surface area (TPSA) is 58.4 Å². The number of hydrogen-bond donors (Lipinski definition) is 0. The average Bonchev–Trinajstić information content (AvgIpc) is 3.04. The van der Waals surface area contributed by atoms with Gasteiger partial charge in [0.25, 0.3) is 0 Å². The Morgan fingerprint density at radius 1 is 1.16 bits per heavy atom. The van der Waals surface area contributed by atoms with Crippen LogP contribution in [0.5, 0.6) is 0 Å². The Morgan fingerprint density at radius 2 is 1.84 bits per heavy atom. The van der Waals surface area contributed by atoms with E-state index in [9.17, 15) is 18.4 Å². The maximum atomic E-state index is 13.0. The van der Waals surface area contributed by atoms with Gasteiger partial charge in [-0.15, -0.1) is 0 Å². The van der Waals surface area contributed by atoms with Gasteiger partial charge in [0, 0.05) is 38.1 Å². The lowest BCUT2D eigenvalue weighted by Gasteiger charge is -2.36. The number of carbonyl (C=O) groups excluding carboxylic acids is 2. The van der Waals surface area contributed by atoms with Crippen molar-refractivity contribution in [1.82, 2.24) is 14.7 Å². The Labute approximate surface area is 143 Å². The van der Waals surface area contributed by atoms with Gasteiger partial charge in [-0.2, -0.15) is 5.10 Å². The number of carbonyl (C=O) groups is 2. The molecule has 1 aliphatic heterocycles. The molecule has 0 bridgehead atoms. The molecule has 25 heavy (non-hydrogen) atoms. The average molecular weight is 348 g/mol. The van der Waals surface area contributed by atoms with Gasteiger partial charge < -0.3 is 9.80 Å². The third kappa shape index (κ3) is 3.84. The first-order chi connectivity index (χ1) is 12.1. The summed E-state index contributed by atoms with van der Waals surface area (Å²) >= 11 is 0. The lowest BCUT2D eigenvalue weighted by molar-refractivity contribution is -0.132. The van der Waals surface area contributed by atoms with Gasteiger partial charge in [-0.25, -0.2) is 8.78 Å². The Morgan fingerprint density at radius 3 is 2.40 bits per heavy atom. The molecule has 1 aromatic heterocycles. The molecule has 2 aromatic rings. The zero-order chi connectivity index (χ0) is 17.8. The molecule has 1 fully saturated rings. The van der Waals surface area contributed by atoms with Crippen LogP contribution in [0.3, 0.4) is 0 Å². The van der Waals surface area contributed by atoms with Gasteiger partial charge in [0.05, 0.1) is 5.56 Å². The second-order valence-corrected chi connectivity index (χ2v) is 5.82. The van der Waals surface area contributed by atoms with E-state index in [-0.39, 0.29) is 29.5 Å². The number of benzene rings is 1. The third-order valence-electron chi connectivity index (χ3n) is 4.25. The van der Waals surface area contributed by atoms with Crippen molar-refractivity contribution < 1.29 is 18.4 Å². The summed E-state index contributed by atoms with van der Waals surface area (Å²) in [7, 11) is 0. The highest BCUT2D eigenvalue weighted by atomic mass is 19.1. The zero-order valence-corrected chi connectivity index (χ0v) is 13.6. The van der Waals surface area contributed by atoms with Crippen molar-refractivity contribution in [3.8, 4) is 0 Å². The summed E-state index contributed by atoms with van der Waals surface area (Å²) in [4.78, 5) is 27.0. The highest BCUT2D eigenvalue weighted by Crippen LogP contribution is 2.17. The van der Waals surface area contributed by atoms with Crippen LogP contribution in [-0.2, 0) is 18.0 Å². The highest BCUT2D eigenvalue weighted by molar-refractivity contribution is 5.78. The second kappa shape index (κ2) is 7.42. The number of alkyl halides is 1. The number of aldehydes is 1. The van der Waals surface area contributed by atoms with Crippen LogP contribution < -0.4 is 4.90 Å². The van der Waals surface area contributed by atoms with Crippen molar-refractivity contribution in [3.63, 3.8) is 0 Å². The van der Waals surface area contributed by atoms with Crippen LogP contribution >= 0.6 is 0 Å². The van der Waals surface area contributed by atoms with Crippen molar-refractivity contribution in [3.05, 3.63) is 47.5 Å². The Kier molecular flexibility index (Phi) is 5.06. The molecule has 0 atom stereocenters. The fraction of sp³-hybridized carbons (Fsp3) is 0.353. The van der Waals surface area contributed by atoms with Crippen LogP contribution in [0.4, 0.5) is 14.5 Å². The van der Waals surface area contributed by atoms with E-state index in [0.717, 1.165) is 5.69 Å². The van der Waals surface area contributed by atoms with Gasteiger partial charge in [-0.1, -0.05) is 0 Å². The predicted molar refractivity (Wildman–Crippen MR) is 87.6 cm³/mol. The molecule has 132 valence electrons. The second-order valence-electron chi connectivity index (χ2n) is 5.82. The molecule has 1 aromatic carbocycles. The molecule has 2 heterocycles. The number of nitrogens with zero attached hydrogens (tertiary/aromatic N) is 4. The number of anilines is 1.